The average Bonchev–Trinajstić information content (AvgIpc) is 3.47. The number of H-pyrrole nitrogens is 1. The van der Waals surface area contributed by atoms with Gasteiger partial charge in [0.2, 0.25) is 0 Å². The van der Waals surface area contributed by atoms with Crippen LogP contribution in [0.4, 0.5) is 0 Å². The van der Waals surface area contributed by atoms with E-state index in [9.17, 15) is 14.7 Å². The number of aromatic amines is 1. The van der Waals surface area contributed by atoms with E-state index in [-0.39, 0.29) is 64.5 Å². The molecule has 2 N–H and O–H groups in total. The third-order valence-corrected chi connectivity index (χ3v) is 8.24. The maximum Gasteiger partial charge on any atom is 1.00 e. The van der Waals surface area contributed by atoms with Crippen LogP contribution in [0.25, 0.3) is 28.2 Å². The molecule has 2 heterocycles. The van der Waals surface area contributed by atoms with E-state index in [0.29, 0.717) is 35.8 Å². The van der Waals surface area contributed by atoms with Gasteiger partial charge in [-0.3, -0.25) is 18.9 Å². The molecule has 228 valence electrons. The standard InChI is InChI=1S/C35H36N4O5.K.H/c1-3-8-30-29(21-23-13-15-24(16-14-23)27-9-4-5-10-28(27)33-37-35(42)44-38-33)34(41)39(22(2)36-30)25-17-19-26(20-18-25)43-32-12-7-6-11-31(32)40;;/h4-5,9-10,13-20,31-32,40H,3,6-8,11-12,21H2,1-2H3,(H,37,38,42);;/q;+1;-1/t31-,32-;;/m0../s1. The quantitative estimate of drug-likeness (QED) is 0.240. The molecule has 0 bridgehead atoms. The van der Waals surface area contributed by atoms with Crippen molar-refractivity contribution in [3.8, 4) is 34.0 Å². The molecule has 0 aliphatic heterocycles. The monoisotopic (exact) mass is 632 g/mol. The first-order valence-corrected chi connectivity index (χ1v) is 15.2. The number of hydrogen-bond donors (Lipinski definition) is 2. The fraction of sp³-hybridized carbons (Fsp3) is 0.314. The van der Waals surface area contributed by atoms with Gasteiger partial charge in [-0.25, -0.2) is 9.78 Å². The Kier molecular flexibility index (Phi) is 11.1. The molecule has 9 nitrogen and oxygen atoms in total. The summed E-state index contributed by atoms with van der Waals surface area (Å²) in [6, 6.07) is 23.2. The molecule has 6 rings (SSSR count). The van der Waals surface area contributed by atoms with Gasteiger partial charge in [0.25, 0.3) is 5.56 Å². The van der Waals surface area contributed by atoms with Gasteiger partial charge in [0.15, 0.2) is 5.82 Å². The smallest absolute Gasteiger partial charge is 1.00 e. The normalized spacial score (nSPS) is 16.2. The van der Waals surface area contributed by atoms with Crippen LogP contribution < -0.4 is 67.4 Å². The van der Waals surface area contributed by atoms with E-state index in [1.165, 1.54) is 0 Å². The van der Waals surface area contributed by atoms with E-state index < -0.39 is 11.9 Å². The number of benzene rings is 3. The van der Waals surface area contributed by atoms with Crippen LogP contribution in [0, 0.1) is 6.92 Å². The maximum atomic E-state index is 14.0. The van der Waals surface area contributed by atoms with Crippen LogP contribution in [-0.4, -0.2) is 37.0 Å². The Labute approximate surface area is 305 Å². The van der Waals surface area contributed by atoms with Gasteiger partial charge >= 0.3 is 57.1 Å². The Bertz CT molecular complexity index is 1870. The summed E-state index contributed by atoms with van der Waals surface area (Å²) < 4.78 is 12.4. The SMILES string of the molecule is CCCc1nc(C)n(-c2ccc(O[C@H]3CCCC[C@@H]3O)cc2)c(=O)c1Cc1ccc(-c2ccccc2-c2noc(=O)[nH]2)cc1.[H-].[K+]. The van der Waals surface area contributed by atoms with E-state index in [0.717, 1.165) is 65.7 Å². The zero-order valence-electron chi connectivity index (χ0n) is 27.0. The summed E-state index contributed by atoms with van der Waals surface area (Å²) in [5.74, 6) is 1.08. The van der Waals surface area contributed by atoms with Crippen molar-refractivity contribution in [1.82, 2.24) is 19.7 Å². The topological polar surface area (TPSA) is 123 Å². The Morgan fingerprint density at radius 2 is 1.71 bits per heavy atom. The molecule has 1 aliphatic rings. The molecule has 2 aromatic heterocycles. The number of hydrogen-bond acceptors (Lipinski definition) is 7. The van der Waals surface area contributed by atoms with Crippen LogP contribution in [0.5, 0.6) is 5.75 Å². The van der Waals surface area contributed by atoms with Crippen molar-refractivity contribution in [1.29, 1.82) is 0 Å². The molecule has 1 aliphatic carbocycles. The molecule has 3 aromatic carbocycles. The summed E-state index contributed by atoms with van der Waals surface area (Å²) in [5, 5.41) is 14.1. The number of aliphatic hydroxyl groups is 1. The Morgan fingerprint density at radius 3 is 2.38 bits per heavy atom. The molecule has 5 aromatic rings. The van der Waals surface area contributed by atoms with Crippen molar-refractivity contribution in [2.45, 2.75) is 71.0 Å². The van der Waals surface area contributed by atoms with E-state index in [4.69, 9.17) is 14.2 Å². The summed E-state index contributed by atoms with van der Waals surface area (Å²) in [7, 11) is 0. The minimum absolute atomic E-state index is 0. The first-order chi connectivity index (χ1) is 21.4. The molecule has 0 amide bonds. The van der Waals surface area contributed by atoms with E-state index in [1.54, 1.807) is 4.57 Å². The second-order valence-electron chi connectivity index (χ2n) is 11.3. The number of ether oxygens (including phenoxy) is 1. The summed E-state index contributed by atoms with van der Waals surface area (Å²) in [6.45, 7) is 3.95. The second-order valence-corrected chi connectivity index (χ2v) is 11.3. The predicted octanol–water partition coefficient (Wildman–Crippen LogP) is 2.89. The number of aromatic nitrogens is 4. The number of aryl methyl sites for hydroxylation is 2. The number of nitrogens with zero attached hydrogens (tertiary/aromatic N) is 3. The Morgan fingerprint density at radius 1 is 1.00 bits per heavy atom. The van der Waals surface area contributed by atoms with E-state index in [1.807, 2.05) is 79.7 Å². The van der Waals surface area contributed by atoms with E-state index in [2.05, 4.69) is 17.1 Å². The minimum Gasteiger partial charge on any atom is -1.00 e. The van der Waals surface area contributed by atoms with Crippen molar-refractivity contribution in [3.63, 3.8) is 0 Å². The van der Waals surface area contributed by atoms with Gasteiger partial charge in [-0.1, -0.05) is 73.5 Å². The number of nitrogens with one attached hydrogen (secondary N) is 1. The zero-order valence-corrected chi connectivity index (χ0v) is 29.1. The van der Waals surface area contributed by atoms with Crippen LogP contribution in [0.2, 0.25) is 0 Å². The van der Waals surface area contributed by atoms with Crippen molar-refractivity contribution >= 4 is 0 Å². The molecule has 0 saturated heterocycles. The third-order valence-electron chi connectivity index (χ3n) is 8.24. The van der Waals surface area contributed by atoms with Gasteiger partial charge < -0.3 is 11.3 Å². The zero-order chi connectivity index (χ0) is 30.6. The summed E-state index contributed by atoms with van der Waals surface area (Å²) in [4.78, 5) is 33.1. The Hall–Kier alpha value is -3.12. The number of rotatable bonds is 9. The fourth-order valence-electron chi connectivity index (χ4n) is 6.00. The second kappa shape index (κ2) is 15.0. The van der Waals surface area contributed by atoms with Gasteiger partial charge in [-0.2, -0.15) is 0 Å². The molecule has 45 heavy (non-hydrogen) atoms. The van der Waals surface area contributed by atoms with Crippen molar-refractivity contribution in [2.75, 3.05) is 0 Å². The minimum atomic E-state index is -0.603. The van der Waals surface area contributed by atoms with E-state index >= 15 is 0 Å². The summed E-state index contributed by atoms with van der Waals surface area (Å²) in [6.07, 6.45) is 5.05. The fourth-order valence-corrected chi connectivity index (χ4v) is 6.00. The van der Waals surface area contributed by atoms with Crippen LogP contribution in [0.1, 0.15) is 63.1 Å². The summed E-state index contributed by atoms with van der Waals surface area (Å²) >= 11 is 0. The van der Waals surface area contributed by atoms with Crippen molar-refractivity contribution in [2.24, 2.45) is 0 Å². The van der Waals surface area contributed by atoms with Crippen LogP contribution in [-0.2, 0) is 12.8 Å². The Balaban J connectivity index is 0.00000240. The average molecular weight is 633 g/mol. The van der Waals surface area contributed by atoms with Gasteiger partial charge in [0, 0.05) is 17.5 Å². The first-order valence-electron chi connectivity index (χ1n) is 15.2. The largest absolute Gasteiger partial charge is 1.00 e. The molecule has 0 unspecified atom stereocenters. The molecule has 1 fully saturated rings. The van der Waals surface area contributed by atoms with Gasteiger partial charge in [0.05, 0.1) is 17.5 Å². The molecule has 1 saturated carbocycles. The molecule has 0 radical (unpaired) electrons. The van der Waals surface area contributed by atoms with Gasteiger partial charge in [-0.05, 0) is 73.6 Å². The summed E-state index contributed by atoms with van der Waals surface area (Å²) in [5.41, 5.74) is 5.74. The van der Waals surface area contributed by atoms with Gasteiger partial charge in [0.1, 0.15) is 17.7 Å². The van der Waals surface area contributed by atoms with Crippen molar-refractivity contribution < 1.29 is 67.2 Å². The maximum absolute atomic E-state index is 14.0. The predicted molar refractivity (Wildman–Crippen MR) is 169 cm³/mol. The van der Waals surface area contributed by atoms with Crippen LogP contribution >= 0.6 is 0 Å². The van der Waals surface area contributed by atoms with Gasteiger partial charge in [-0.15, -0.1) is 0 Å². The first kappa shape index (κ1) is 33.2. The molecule has 2 atom stereocenters. The molecular weight excluding hydrogens is 596 g/mol. The third kappa shape index (κ3) is 7.48. The van der Waals surface area contributed by atoms with Crippen molar-refractivity contribution in [3.05, 3.63) is 116 Å². The number of aliphatic hydroxyl groups excluding tert-OH is 1. The molecular formula is C35H37KN4O5. The van der Waals surface area contributed by atoms with Crippen LogP contribution in [0.3, 0.4) is 0 Å². The molecule has 0 spiro atoms. The van der Waals surface area contributed by atoms with Crippen LogP contribution in [0.15, 0.2) is 86.9 Å². The molecule has 10 heteroatoms.